The van der Waals surface area contributed by atoms with Gasteiger partial charge in [0.2, 0.25) is 0 Å². The fourth-order valence-corrected chi connectivity index (χ4v) is 1.89. The van der Waals surface area contributed by atoms with Crippen molar-refractivity contribution in [1.82, 2.24) is 4.90 Å². The smallest absolute Gasteiger partial charge is 0.287 e. The highest BCUT2D eigenvalue weighted by atomic mass is 35.5. The van der Waals surface area contributed by atoms with Crippen molar-refractivity contribution >= 4 is 23.2 Å². The standard InChI is InChI=1S/C12H15ClN2O3/c1-3-7-14(4-2)12(16)9-5-6-11(15(17)18)10(13)8-9/h5-6,8H,3-4,7H2,1-2H3. The lowest BCUT2D eigenvalue weighted by atomic mass is 10.1. The van der Waals surface area contributed by atoms with Crippen LogP contribution in [0.25, 0.3) is 0 Å². The molecule has 1 aromatic carbocycles. The highest BCUT2D eigenvalue weighted by Gasteiger charge is 2.18. The first-order chi connectivity index (χ1) is 8.51. The number of rotatable bonds is 5. The van der Waals surface area contributed by atoms with Crippen LogP contribution in [-0.4, -0.2) is 28.8 Å². The number of halogens is 1. The van der Waals surface area contributed by atoms with Crippen LogP contribution < -0.4 is 0 Å². The number of nitrogens with zero attached hydrogens (tertiary/aromatic N) is 2. The number of hydrogen-bond acceptors (Lipinski definition) is 3. The van der Waals surface area contributed by atoms with Gasteiger partial charge in [-0.3, -0.25) is 14.9 Å². The van der Waals surface area contributed by atoms with Crippen LogP contribution in [0.3, 0.4) is 0 Å². The molecule has 1 rings (SSSR count). The van der Waals surface area contributed by atoms with Gasteiger partial charge in [0.25, 0.3) is 11.6 Å². The van der Waals surface area contributed by atoms with E-state index in [2.05, 4.69) is 0 Å². The van der Waals surface area contributed by atoms with E-state index in [4.69, 9.17) is 11.6 Å². The van der Waals surface area contributed by atoms with Crippen LogP contribution in [0.15, 0.2) is 18.2 Å². The van der Waals surface area contributed by atoms with E-state index in [0.29, 0.717) is 18.7 Å². The minimum absolute atomic E-state index is 0.0154. The summed E-state index contributed by atoms with van der Waals surface area (Å²) in [5.41, 5.74) is 0.188. The van der Waals surface area contributed by atoms with Gasteiger partial charge in [-0.05, 0) is 25.5 Å². The number of amides is 1. The monoisotopic (exact) mass is 270 g/mol. The largest absolute Gasteiger partial charge is 0.339 e. The second kappa shape index (κ2) is 6.35. The van der Waals surface area contributed by atoms with Crippen LogP contribution in [0.5, 0.6) is 0 Å². The molecule has 0 aliphatic heterocycles. The van der Waals surface area contributed by atoms with Gasteiger partial charge in [-0.25, -0.2) is 0 Å². The predicted octanol–water partition coefficient (Wildman–Crippen LogP) is 3.12. The summed E-state index contributed by atoms with van der Waals surface area (Å²) >= 11 is 5.78. The maximum absolute atomic E-state index is 12.1. The molecule has 0 atom stereocenters. The second-order valence-corrected chi connectivity index (χ2v) is 4.22. The first kappa shape index (κ1) is 14.4. The van der Waals surface area contributed by atoms with E-state index in [9.17, 15) is 14.9 Å². The Hall–Kier alpha value is -1.62. The van der Waals surface area contributed by atoms with Gasteiger partial charge in [-0.1, -0.05) is 18.5 Å². The minimum atomic E-state index is -0.569. The van der Waals surface area contributed by atoms with E-state index in [0.717, 1.165) is 6.42 Å². The zero-order chi connectivity index (χ0) is 13.7. The first-order valence-electron chi connectivity index (χ1n) is 5.74. The third kappa shape index (κ3) is 3.20. The lowest BCUT2D eigenvalue weighted by Gasteiger charge is -2.20. The molecule has 0 aromatic heterocycles. The summed E-state index contributed by atoms with van der Waals surface area (Å²) in [6.45, 7) is 5.13. The molecule has 0 spiro atoms. The average molecular weight is 271 g/mol. The molecule has 18 heavy (non-hydrogen) atoms. The number of carbonyl (C=O) groups excluding carboxylic acids is 1. The number of carbonyl (C=O) groups is 1. The van der Waals surface area contributed by atoms with Crippen molar-refractivity contribution in [3.63, 3.8) is 0 Å². The molecule has 0 fully saturated rings. The molecule has 0 bridgehead atoms. The van der Waals surface area contributed by atoms with Crippen molar-refractivity contribution in [2.75, 3.05) is 13.1 Å². The van der Waals surface area contributed by atoms with Gasteiger partial charge in [-0.15, -0.1) is 0 Å². The number of hydrogen-bond donors (Lipinski definition) is 0. The van der Waals surface area contributed by atoms with Crippen molar-refractivity contribution in [3.8, 4) is 0 Å². The van der Waals surface area contributed by atoms with Gasteiger partial charge in [0, 0.05) is 24.7 Å². The highest BCUT2D eigenvalue weighted by Crippen LogP contribution is 2.25. The van der Waals surface area contributed by atoms with Gasteiger partial charge in [0.1, 0.15) is 5.02 Å². The molecule has 0 N–H and O–H groups in total. The van der Waals surface area contributed by atoms with Crippen molar-refractivity contribution in [3.05, 3.63) is 38.9 Å². The van der Waals surface area contributed by atoms with Crippen LogP contribution >= 0.6 is 11.6 Å². The van der Waals surface area contributed by atoms with Gasteiger partial charge in [0.15, 0.2) is 0 Å². The van der Waals surface area contributed by atoms with E-state index in [-0.39, 0.29) is 16.6 Å². The Morgan fingerprint density at radius 1 is 1.44 bits per heavy atom. The zero-order valence-corrected chi connectivity index (χ0v) is 11.1. The molecule has 6 heteroatoms. The molecule has 0 aliphatic rings. The SMILES string of the molecule is CCCN(CC)C(=O)c1ccc([N+](=O)[O-])c(Cl)c1. The quantitative estimate of drug-likeness (QED) is 0.610. The zero-order valence-electron chi connectivity index (χ0n) is 10.4. The van der Waals surface area contributed by atoms with Crippen molar-refractivity contribution in [1.29, 1.82) is 0 Å². The van der Waals surface area contributed by atoms with Gasteiger partial charge in [-0.2, -0.15) is 0 Å². The number of benzene rings is 1. The average Bonchev–Trinajstić information content (AvgIpc) is 2.34. The topological polar surface area (TPSA) is 63.5 Å². The van der Waals surface area contributed by atoms with Crippen molar-refractivity contribution in [2.24, 2.45) is 0 Å². The van der Waals surface area contributed by atoms with Crippen molar-refractivity contribution < 1.29 is 9.72 Å². The molecule has 0 radical (unpaired) electrons. The lowest BCUT2D eigenvalue weighted by molar-refractivity contribution is -0.384. The molecule has 0 heterocycles. The molecule has 5 nitrogen and oxygen atoms in total. The Morgan fingerprint density at radius 3 is 2.56 bits per heavy atom. The minimum Gasteiger partial charge on any atom is -0.339 e. The molecule has 0 unspecified atom stereocenters. The molecular formula is C12H15ClN2O3. The molecule has 1 amide bonds. The maximum atomic E-state index is 12.1. The Balaban J connectivity index is 3.00. The Kier molecular flexibility index (Phi) is 5.09. The number of nitro groups is 1. The molecule has 0 aliphatic carbocycles. The third-order valence-electron chi connectivity index (χ3n) is 2.55. The molecule has 1 aromatic rings. The van der Waals surface area contributed by atoms with E-state index in [1.165, 1.54) is 18.2 Å². The highest BCUT2D eigenvalue weighted by molar-refractivity contribution is 6.33. The van der Waals surface area contributed by atoms with Gasteiger partial charge in [0.05, 0.1) is 4.92 Å². The normalized spacial score (nSPS) is 10.2. The summed E-state index contributed by atoms with van der Waals surface area (Å²) in [4.78, 5) is 23.8. The van der Waals surface area contributed by atoms with E-state index < -0.39 is 4.92 Å². The number of nitro benzene ring substituents is 1. The molecular weight excluding hydrogens is 256 g/mol. The predicted molar refractivity (Wildman–Crippen MR) is 70.0 cm³/mol. The molecule has 98 valence electrons. The maximum Gasteiger partial charge on any atom is 0.287 e. The molecule has 0 saturated carbocycles. The van der Waals surface area contributed by atoms with Crippen LogP contribution in [0.4, 0.5) is 5.69 Å². The van der Waals surface area contributed by atoms with E-state index >= 15 is 0 Å². The first-order valence-corrected chi connectivity index (χ1v) is 6.12. The van der Waals surface area contributed by atoms with Crippen LogP contribution in [-0.2, 0) is 0 Å². The summed E-state index contributed by atoms with van der Waals surface area (Å²) in [6.07, 6.45) is 0.861. The second-order valence-electron chi connectivity index (χ2n) is 3.81. The Bertz CT molecular complexity index is 463. The summed E-state index contributed by atoms with van der Waals surface area (Å²) in [7, 11) is 0. The van der Waals surface area contributed by atoms with Gasteiger partial charge >= 0.3 is 0 Å². The Labute approximate surface area is 110 Å². The van der Waals surface area contributed by atoms with Crippen LogP contribution in [0, 0.1) is 10.1 Å². The van der Waals surface area contributed by atoms with E-state index in [1.807, 2.05) is 13.8 Å². The van der Waals surface area contributed by atoms with E-state index in [1.54, 1.807) is 4.90 Å². The van der Waals surface area contributed by atoms with Crippen LogP contribution in [0.1, 0.15) is 30.6 Å². The molecule has 0 saturated heterocycles. The van der Waals surface area contributed by atoms with Crippen molar-refractivity contribution in [2.45, 2.75) is 20.3 Å². The summed E-state index contributed by atoms with van der Waals surface area (Å²) < 4.78 is 0. The third-order valence-corrected chi connectivity index (χ3v) is 2.86. The lowest BCUT2D eigenvalue weighted by Crippen LogP contribution is -2.31. The summed E-state index contributed by atoms with van der Waals surface area (Å²) in [5, 5.41) is 10.6. The Morgan fingerprint density at radius 2 is 2.11 bits per heavy atom. The summed E-state index contributed by atoms with van der Waals surface area (Å²) in [5.74, 6) is -0.156. The fourth-order valence-electron chi connectivity index (χ4n) is 1.64. The summed E-state index contributed by atoms with van der Waals surface area (Å²) in [6, 6.07) is 4.04. The van der Waals surface area contributed by atoms with Gasteiger partial charge < -0.3 is 4.90 Å². The fraction of sp³-hybridized carbons (Fsp3) is 0.417. The van der Waals surface area contributed by atoms with Crippen LogP contribution in [0.2, 0.25) is 5.02 Å².